The Morgan fingerprint density at radius 1 is 1.16 bits per heavy atom. The van der Waals surface area contributed by atoms with E-state index in [1.165, 1.54) is 6.07 Å². The topological polar surface area (TPSA) is 94.8 Å². The number of anilines is 1. The maximum Gasteiger partial charge on any atom is 0.411 e. The van der Waals surface area contributed by atoms with E-state index in [0.29, 0.717) is 40.5 Å². The molecule has 1 amide bonds. The molecule has 170 valence electrons. The van der Waals surface area contributed by atoms with Crippen LogP contribution in [0.3, 0.4) is 0 Å². The number of carbonyl (C=O) groups excluding carboxylic acids is 2. The Hall–Kier alpha value is -2.54. The zero-order valence-corrected chi connectivity index (χ0v) is 18.7. The summed E-state index contributed by atoms with van der Waals surface area (Å²) in [7, 11) is 0. The average Bonchev–Trinajstić information content (AvgIpc) is 2.69. The van der Waals surface area contributed by atoms with Crippen LogP contribution >= 0.6 is 11.6 Å². The lowest BCUT2D eigenvalue weighted by atomic mass is 9.49. The quantitative estimate of drug-likeness (QED) is 0.385. The Kier molecular flexibility index (Phi) is 5.19. The average molecular weight is 460 g/mol. The van der Waals surface area contributed by atoms with E-state index in [-0.39, 0.29) is 24.1 Å². The molecule has 0 spiro atoms. The van der Waals surface area contributed by atoms with Crippen molar-refractivity contribution in [2.75, 3.05) is 11.9 Å². The maximum absolute atomic E-state index is 13.2. The molecular weight excluding hydrogens is 434 g/mol. The van der Waals surface area contributed by atoms with Crippen molar-refractivity contribution >= 4 is 40.3 Å². The van der Waals surface area contributed by atoms with Gasteiger partial charge in [0.15, 0.2) is 0 Å². The lowest BCUT2D eigenvalue weighted by Crippen LogP contribution is -2.56. The van der Waals surface area contributed by atoms with E-state index in [9.17, 15) is 14.4 Å². The summed E-state index contributed by atoms with van der Waals surface area (Å²) >= 11 is 6.85. The first kappa shape index (κ1) is 21.3. The van der Waals surface area contributed by atoms with E-state index in [1.807, 2.05) is 0 Å². The summed E-state index contributed by atoms with van der Waals surface area (Å²) in [4.78, 5) is 36.7. The first-order valence-electron chi connectivity index (χ1n) is 11.1. The molecule has 1 heterocycles. The van der Waals surface area contributed by atoms with Crippen molar-refractivity contribution in [3.8, 4) is 0 Å². The first-order valence-corrected chi connectivity index (χ1v) is 11.5. The van der Waals surface area contributed by atoms with Crippen molar-refractivity contribution in [3.63, 3.8) is 0 Å². The van der Waals surface area contributed by atoms with Crippen LogP contribution in [0.5, 0.6) is 0 Å². The molecule has 7 nitrogen and oxygen atoms in total. The zero-order valence-electron chi connectivity index (χ0n) is 17.9. The fourth-order valence-corrected chi connectivity index (χ4v) is 7.09. The SMILES string of the molecule is CCOC(=O)Nc1ccc2c(COC(=O)C34C[C@@H]5C[C@@H](CC(Cl)(C5)C3)C4)cc(=O)oc2c1. The minimum Gasteiger partial charge on any atom is -0.460 e. The second-order valence-electron chi connectivity index (χ2n) is 9.62. The predicted octanol–water partition coefficient (Wildman–Crippen LogP) is 4.98. The number of rotatable bonds is 5. The van der Waals surface area contributed by atoms with Crippen molar-refractivity contribution in [1.29, 1.82) is 0 Å². The molecule has 4 atom stereocenters. The third-order valence-corrected chi connectivity index (χ3v) is 7.58. The second-order valence-corrected chi connectivity index (χ2v) is 10.4. The molecule has 8 heteroatoms. The molecule has 4 bridgehead atoms. The van der Waals surface area contributed by atoms with Crippen LogP contribution in [-0.4, -0.2) is 23.5 Å². The van der Waals surface area contributed by atoms with Crippen LogP contribution in [-0.2, 0) is 20.9 Å². The van der Waals surface area contributed by atoms with Crippen LogP contribution in [0, 0.1) is 17.3 Å². The molecule has 0 saturated heterocycles. The Balaban J connectivity index is 1.35. The molecule has 4 aliphatic carbocycles. The normalized spacial score (nSPS) is 30.3. The number of hydrogen-bond acceptors (Lipinski definition) is 6. The highest BCUT2D eigenvalue weighted by molar-refractivity contribution is 6.24. The molecule has 4 fully saturated rings. The van der Waals surface area contributed by atoms with E-state index in [4.69, 9.17) is 25.5 Å². The smallest absolute Gasteiger partial charge is 0.411 e. The molecule has 32 heavy (non-hydrogen) atoms. The fraction of sp³-hybridized carbons (Fsp3) is 0.542. The van der Waals surface area contributed by atoms with Gasteiger partial charge in [0.2, 0.25) is 0 Å². The number of amides is 1. The maximum atomic E-state index is 13.2. The molecule has 1 aromatic heterocycles. The highest BCUT2D eigenvalue weighted by atomic mass is 35.5. The van der Waals surface area contributed by atoms with E-state index >= 15 is 0 Å². The van der Waals surface area contributed by atoms with Crippen LogP contribution in [0.2, 0.25) is 0 Å². The van der Waals surface area contributed by atoms with Gasteiger partial charge in [-0.15, -0.1) is 11.6 Å². The van der Waals surface area contributed by atoms with Crippen molar-refractivity contribution in [2.45, 2.75) is 56.9 Å². The molecule has 6 rings (SSSR count). The van der Waals surface area contributed by atoms with Gasteiger partial charge >= 0.3 is 17.7 Å². The van der Waals surface area contributed by atoms with Crippen molar-refractivity contribution < 1.29 is 23.5 Å². The number of esters is 1. The number of nitrogens with one attached hydrogen (secondary N) is 1. The van der Waals surface area contributed by atoms with Crippen LogP contribution in [0.1, 0.15) is 51.0 Å². The van der Waals surface area contributed by atoms with Gasteiger partial charge in [-0.05, 0) is 69.4 Å². The Morgan fingerprint density at radius 3 is 2.59 bits per heavy atom. The van der Waals surface area contributed by atoms with Crippen molar-refractivity contribution in [1.82, 2.24) is 0 Å². The van der Waals surface area contributed by atoms with E-state index in [1.54, 1.807) is 25.1 Å². The molecule has 1 aromatic carbocycles. The minimum atomic E-state index is -0.591. The molecular formula is C24H26ClNO6. The lowest BCUT2D eigenvalue weighted by Gasteiger charge is -2.58. The van der Waals surface area contributed by atoms with Gasteiger partial charge < -0.3 is 13.9 Å². The highest BCUT2D eigenvalue weighted by Crippen LogP contribution is 2.64. The van der Waals surface area contributed by atoms with Crippen LogP contribution < -0.4 is 10.9 Å². The minimum absolute atomic E-state index is 0.0159. The summed E-state index contributed by atoms with van der Waals surface area (Å²) < 4.78 is 15.9. The summed E-state index contributed by atoms with van der Waals surface area (Å²) in [6.07, 6.45) is 4.92. The molecule has 0 radical (unpaired) electrons. The molecule has 2 aromatic rings. The van der Waals surface area contributed by atoms with Gasteiger partial charge in [0.1, 0.15) is 12.2 Å². The van der Waals surface area contributed by atoms with Gasteiger partial charge in [0.05, 0.1) is 12.0 Å². The predicted molar refractivity (Wildman–Crippen MR) is 119 cm³/mol. The van der Waals surface area contributed by atoms with Gasteiger partial charge in [-0.3, -0.25) is 10.1 Å². The van der Waals surface area contributed by atoms with Gasteiger partial charge in [-0.2, -0.15) is 0 Å². The van der Waals surface area contributed by atoms with Gasteiger partial charge in [0.25, 0.3) is 0 Å². The molecule has 2 unspecified atom stereocenters. The van der Waals surface area contributed by atoms with Crippen LogP contribution in [0.4, 0.5) is 10.5 Å². The van der Waals surface area contributed by atoms with Crippen molar-refractivity contribution in [3.05, 3.63) is 40.2 Å². The Labute approximate surface area is 190 Å². The number of halogens is 1. The third kappa shape index (κ3) is 3.87. The zero-order chi connectivity index (χ0) is 22.5. The van der Waals surface area contributed by atoms with Gasteiger partial charge in [-0.1, -0.05) is 0 Å². The van der Waals surface area contributed by atoms with E-state index < -0.39 is 17.1 Å². The Morgan fingerprint density at radius 2 is 1.91 bits per heavy atom. The summed E-state index contributed by atoms with van der Waals surface area (Å²) in [5, 5.41) is 3.23. The van der Waals surface area contributed by atoms with Crippen LogP contribution in [0.25, 0.3) is 11.0 Å². The fourth-order valence-electron chi connectivity index (χ4n) is 6.40. The molecule has 0 aliphatic heterocycles. The number of carbonyl (C=O) groups is 2. The summed E-state index contributed by atoms with van der Waals surface area (Å²) in [6, 6.07) is 6.30. The number of benzene rings is 1. The summed E-state index contributed by atoms with van der Waals surface area (Å²) in [6.45, 7) is 1.94. The molecule has 4 aliphatic rings. The molecule has 1 N–H and O–H groups in total. The van der Waals surface area contributed by atoms with E-state index in [0.717, 1.165) is 32.1 Å². The van der Waals surface area contributed by atoms with Gasteiger partial charge in [0, 0.05) is 33.6 Å². The van der Waals surface area contributed by atoms with Crippen molar-refractivity contribution in [2.24, 2.45) is 17.3 Å². The summed E-state index contributed by atoms with van der Waals surface area (Å²) in [5.74, 6) is 0.783. The first-order chi connectivity index (χ1) is 15.3. The molecule has 4 saturated carbocycles. The number of fused-ring (bicyclic) bond motifs is 1. The largest absolute Gasteiger partial charge is 0.460 e. The van der Waals surface area contributed by atoms with Gasteiger partial charge in [-0.25, -0.2) is 9.59 Å². The second kappa shape index (κ2) is 7.80. The van der Waals surface area contributed by atoms with E-state index in [2.05, 4.69) is 5.32 Å². The number of alkyl halides is 1. The summed E-state index contributed by atoms with van der Waals surface area (Å²) in [5.41, 5.74) is 0.253. The lowest BCUT2D eigenvalue weighted by molar-refractivity contribution is -0.171. The number of hydrogen-bond donors (Lipinski definition) is 1. The standard InChI is InChI=1S/C24H26ClNO6/c1-2-30-22(29)26-17-3-4-18-16(6-20(27)32-19(18)7-17)12-31-21(28)23-8-14-5-15(9-23)11-24(25,10-14)13-23/h3-4,6-7,14-15H,2,5,8-13H2,1H3,(H,26,29)/t14-,15+,23?,24?. The highest BCUT2D eigenvalue weighted by Gasteiger charge is 2.60. The third-order valence-electron chi connectivity index (χ3n) is 7.13. The monoisotopic (exact) mass is 459 g/mol. The number of ether oxygens (including phenoxy) is 2. The Bertz CT molecular complexity index is 1130. The van der Waals surface area contributed by atoms with Crippen LogP contribution in [0.15, 0.2) is 33.5 Å².